The molecule has 7 heteroatoms. The number of amides is 1. The fourth-order valence-electron chi connectivity index (χ4n) is 1.69. The summed E-state index contributed by atoms with van der Waals surface area (Å²) in [5.41, 5.74) is 0.772. The first-order valence-corrected chi connectivity index (χ1v) is 8.27. The van der Waals surface area contributed by atoms with E-state index in [1.165, 1.54) is 7.11 Å². The fourth-order valence-corrected chi connectivity index (χ4v) is 3.33. The van der Waals surface area contributed by atoms with Gasteiger partial charge < -0.3 is 10.1 Å². The molecule has 0 aliphatic rings. The molecule has 0 bridgehead atoms. The third-order valence-corrected chi connectivity index (χ3v) is 4.66. The van der Waals surface area contributed by atoms with Crippen LogP contribution in [0.15, 0.2) is 22.9 Å². The molecule has 0 saturated heterocycles. The largest absolute Gasteiger partial charge is 0.469 e. The summed E-state index contributed by atoms with van der Waals surface area (Å²) >= 11 is 3.18. The Morgan fingerprint density at radius 3 is 2.95 bits per heavy atom. The quantitative estimate of drug-likeness (QED) is 0.627. The number of carbonyl (C=O) groups excluding carboxylic acids is 2. The maximum absolute atomic E-state index is 11.8. The summed E-state index contributed by atoms with van der Waals surface area (Å²) in [7, 11) is 1.36. The predicted octanol–water partition coefficient (Wildman–Crippen LogP) is 2.48. The van der Waals surface area contributed by atoms with Crippen LogP contribution in [0.1, 0.15) is 18.5 Å². The highest BCUT2D eigenvalue weighted by Crippen LogP contribution is 2.27. The Morgan fingerprint density at radius 1 is 1.38 bits per heavy atom. The van der Waals surface area contributed by atoms with Gasteiger partial charge in [-0.15, -0.1) is 22.7 Å². The SMILES string of the molecule is COC(=O)CCCNC(=O)Cc1csc(-c2cccs2)n1. The minimum absolute atomic E-state index is 0.0807. The summed E-state index contributed by atoms with van der Waals surface area (Å²) in [5.74, 6) is -0.341. The van der Waals surface area contributed by atoms with Crippen molar-refractivity contribution in [2.75, 3.05) is 13.7 Å². The number of hydrogen-bond donors (Lipinski definition) is 1. The van der Waals surface area contributed by atoms with Gasteiger partial charge in [0.15, 0.2) is 0 Å². The van der Waals surface area contributed by atoms with Crippen molar-refractivity contribution in [3.63, 3.8) is 0 Å². The van der Waals surface area contributed by atoms with Crippen LogP contribution in [0.3, 0.4) is 0 Å². The second kappa shape index (κ2) is 7.90. The second-order valence-corrected chi connectivity index (χ2v) is 6.13. The smallest absolute Gasteiger partial charge is 0.305 e. The van der Waals surface area contributed by atoms with Crippen molar-refractivity contribution in [3.8, 4) is 9.88 Å². The average Bonchev–Trinajstić information content (AvgIpc) is 3.13. The number of nitrogens with one attached hydrogen (secondary N) is 1. The van der Waals surface area contributed by atoms with E-state index < -0.39 is 0 Å². The molecule has 0 fully saturated rings. The molecule has 112 valence electrons. The van der Waals surface area contributed by atoms with Crippen LogP contribution < -0.4 is 5.32 Å². The zero-order valence-corrected chi connectivity index (χ0v) is 13.3. The third-order valence-electron chi connectivity index (χ3n) is 2.73. The van der Waals surface area contributed by atoms with Gasteiger partial charge >= 0.3 is 5.97 Å². The van der Waals surface area contributed by atoms with Crippen molar-refractivity contribution in [2.24, 2.45) is 0 Å². The van der Waals surface area contributed by atoms with E-state index in [1.54, 1.807) is 22.7 Å². The first kappa shape index (κ1) is 15.7. The maximum Gasteiger partial charge on any atom is 0.305 e. The summed E-state index contributed by atoms with van der Waals surface area (Å²) < 4.78 is 4.53. The van der Waals surface area contributed by atoms with Gasteiger partial charge in [0.1, 0.15) is 5.01 Å². The van der Waals surface area contributed by atoms with Crippen LogP contribution in [-0.2, 0) is 20.7 Å². The Balaban J connectivity index is 1.74. The molecule has 21 heavy (non-hydrogen) atoms. The minimum Gasteiger partial charge on any atom is -0.469 e. The number of thiophene rings is 1. The summed E-state index contributed by atoms with van der Waals surface area (Å²) in [6.07, 6.45) is 1.16. The number of ether oxygens (including phenoxy) is 1. The van der Waals surface area contributed by atoms with E-state index in [0.29, 0.717) is 19.4 Å². The van der Waals surface area contributed by atoms with Gasteiger partial charge in [0.05, 0.1) is 24.1 Å². The third kappa shape index (κ3) is 4.95. The molecule has 2 heterocycles. The number of carbonyl (C=O) groups is 2. The Hall–Kier alpha value is -1.73. The van der Waals surface area contributed by atoms with Crippen molar-refractivity contribution in [1.29, 1.82) is 0 Å². The van der Waals surface area contributed by atoms with Gasteiger partial charge in [-0.1, -0.05) is 6.07 Å². The van der Waals surface area contributed by atoms with Crippen molar-refractivity contribution in [3.05, 3.63) is 28.6 Å². The molecule has 0 radical (unpaired) electrons. The van der Waals surface area contributed by atoms with Crippen LogP contribution in [0, 0.1) is 0 Å². The zero-order chi connectivity index (χ0) is 15.1. The molecule has 0 atom stereocenters. The van der Waals surface area contributed by atoms with Crippen LogP contribution in [0.25, 0.3) is 9.88 Å². The summed E-state index contributed by atoms with van der Waals surface area (Å²) in [6.45, 7) is 0.468. The van der Waals surface area contributed by atoms with Crippen molar-refractivity contribution >= 4 is 34.6 Å². The second-order valence-electron chi connectivity index (χ2n) is 4.33. The molecule has 2 aromatic rings. The number of aromatic nitrogens is 1. The van der Waals surface area contributed by atoms with Crippen LogP contribution >= 0.6 is 22.7 Å². The first-order chi connectivity index (χ1) is 10.2. The lowest BCUT2D eigenvalue weighted by atomic mass is 10.3. The van der Waals surface area contributed by atoms with E-state index in [-0.39, 0.29) is 18.3 Å². The number of esters is 1. The molecule has 5 nitrogen and oxygen atoms in total. The first-order valence-electron chi connectivity index (χ1n) is 6.51. The Morgan fingerprint density at radius 2 is 2.24 bits per heavy atom. The normalized spacial score (nSPS) is 10.3. The van der Waals surface area contributed by atoms with Gasteiger partial charge in [-0.2, -0.15) is 0 Å². The Kier molecular flexibility index (Phi) is 5.89. The molecule has 0 aliphatic carbocycles. The highest BCUT2D eigenvalue weighted by molar-refractivity contribution is 7.20. The molecule has 0 aliphatic heterocycles. The number of hydrogen-bond acceptors (Lipinski definition) is 6. The molecule has 2 rings (SSSR count). The van der Waals surface area contributed by atoms with Crippen LogP contribution in [-0.4, -0.2) is 30.5 Å². The monoisotopic (exact) mass is 324 g/mol. The van der Waals surface area contributed by atoms with E-state index in [2.05, 4.69) is 15.0 Å². The lowest BCUT2D eigenvalue weighted by Crippen LogP contribution is -2.26. The van der Waals surface area contributed by atoms with Crippen LogP contribution in [0.5, 0.6) is 0 Å². The minimum atomic E-state index is -0.260. The predicted molar refractivity (Wildman–Crippen MR) is 83.4 cm³/mol. The number of nitrogens with zero attached hydrogens (tertiary/aromatic N) is 1. The number of methoxy groups -OCH3 is 1. The topological polar surface area (TPSA) is 68.3 Å². The van der Waals surface area contributed by atoms with Crippen molar-refractivity contribution in [1.82, 2.24) is 10.3 Å². The molecular formula is C14H16N2O3S2. The lowest BCUT2D eigenvalue weighted by molar-refractivity contribution is -0.140. The average molecular weight is 324 g/mol. The molecule has 1 N–H and O–H groups in total. The molecule has 0 saturated carbocycles. The molecule has 0 aromatic carbocycles. The lowest BCUT2D eigenvalue weighted by Gasteiger charge is -2.03. The Labute approximate surface area is 131 Å². The van der Waals surface area contributed by atoms with E-state index in [4.69, 9.17) is 0 Å². The summed E-state index contributed by atoms with van der Waals surface area (Å²) in [4.78, 5) is 28.3. The zero-order valence-electron chi connectivity index (χ0n) is 11.6. The van der Waals surface area contributed by atoms with E-state index >= 15 is 0 Å². The van der Waals surface area contributed by atoms with Gasteiger partial charge in [-0.25, -0.2) is 4.98 Å². The van der Waals surface area contributed by atoms with E-state index in [0.717, 1.165) is 15.6 Å². The fraction of sp³-hybridized carbons (Fsp3) is 0.357. The Bertz CT molecular complexity index is 593. The number of rotatable bonds is 7. The van der Waals surface area contributed by atoms with Crippen molar-refractivity contribution < 1.29 is 14.3 Å². The van der Waals surface area contributed by atoms with Crippen LogP contribution in [0.4, 0.5) is 0 Å². The molecule has 1 amide bonds. The summed E-state index contributed by atoms with van der Waals surface area (Å²) in [6, 6.07) is 4.00. The molecule has 0 unspecified atom stereocenters. The highest BCUT2D eigenvalue weighted by atomic mass is 32.1. The molecular weight excluding hydrogens is 308 g/mol. The highest BCUT2D eigenvalue weighted by Gasteiger charge is 2.09. The van der Waals surface area contributed by atoms with Gasteiger partial charge in [0, 0.05) is 18.3 Å². The van der Waals surface area contributed by atoms with Crippen LogP contribution in [0.2, 0.25) is 0 Å². The standard InChI is InChI=1S/C14H16N2O3S2/c1-19-13(18)5-2-6-15-12(17)8-10-9-21-14(16-10)11-4-3-7-20-11/h3-4,7,9H,2,5-6,8H2,1H3,(H,15,17). The summed E-state index contributed by atoms with van der Waals surface area (Å²) in [5, 5.41) is 7.63. The van der Waals surface area contributed by atoms with Gasteiger partial charge in [0.2, 0.25) is 5.91 Å². The number of thiazole rings is 1. The van der Waals surface area contributed by atoms with Gasteiger partial charge in [-0.05, 0) is 17.9 Å². The van der Waals surface area contributed by atoms with Gasteiger partial charge in [-0.3, -0.25) is 9.59 Å². The van der Waals surface area contributed by atoms with E-state index in [1.807, 2.05) is 22.9 Å². The van der Waals surface area contributed by atoms with Crippen molar-refractivity contribution in [2.45, 2.75) is 19.3 Å². The molecule has 2 aromatic heterocycles. The van der Waals surface area contributed by atoms with Gasteiger partial charge in [0.25, 0.3) is 0 Å². The van der Waals surface area contributed by atoms with E-state index in [9.17, 15) is 9.59 Å². The maximum atomic E-state index is 11.8. The molecule has 0 spiro atoms.